The van der Waals surface area contributed by atoms with E-state index in [1.54, 1.807) is 18.2 Å². The summed E-state index contributed by atoms with van der Waals surface area (Å²) in [7, 11) is 0. The van der Waals surface area contributed by atoms with Crippen LogP contribution in [-0.4, -0.2) is 30.9 Å². The van der Waals surface area contributed by atoms with Gasteiger partial charge in [0.05, 0.1) is 11.6 Å². The quantitative estimate of drug-likeness (QED) is 0.262. The molecule has 0 heterocycles. The summed E-state index contributed by atoms with van der Waals surface area (Å²) >= 11 is 6.02. The van der Waals surface area contributed by atoms with Crippen molar-refractivity contribution in [3.8, 4) is 5.75 Å². The van der Waals surface area contributed by atoms with Gasteiger partial charge in [-0.1, -0.05) is 16.8 Å². The Morgan fingerprint density at radius 1 is 1.44 bits per heavy atom. The summed E-state index contributed by atoms with van der Waals surface area (Å²) in [5.41, 5.74) is 6.00. The first-order chi connectivity index (χ1) is 8.69. The Labute approximate surface area is 111 Å². The van der Waals surface area contributed by atoms with E-state index in [0.717, 1.165) is 6.42 Å². The van der Waals surface area contributed by atoms with Crippen LogP contribution in [0.3, 0.4) is 0 Å². The highest BCUT2D eigenvalue weighted by molar-refractivity contribution is 6.32. The van der Waals surface area contributed by atoms with Crippen LogP contribution >= 0.6 is 11.6 Å². The number of nitrogens with zero attached hydrogens (tertiary/aromatic N) is 1. The van der Waals surface area contributed by atoms with Crippen molar-refractivity contribution in [1.82, 2.24) is 0 Å². The number of ether oxygens (including phenoxy) is 2. The molecule has 0 amide bonds. The first-order valence-electron chi connectivity index (χ1n) is 5.67. The van der Waals surface area contributed by atoms with Gasteiger partial charge in [0.2, 0.25) is 0 Å². The second kappa shape index (κ2) is 7.79. The minimum absolute atomic E-state index is 0.0137. The van der Waals surface area contributed by atoms with Crippen molar-refractivity contribution in [2.24, 2.45) is 10.9 Å². The molecule has 0 saturated heterocycles. The minimum Gasteiger partial charge on any atom is -0.492 e. The fraction of sp³-hybridized carbons (Fsp3) is 0.417. The van der Waals surface area contributed by atoms with Crippen molar-refractivity contribution >= 4 is 17.4 Å². The van der Waals surface area contributed by atoms with Crippen LogP contribution < -0.4 is 10.5 Å². The van der Waals surface area contributed by atoms with Gasteiger partial charge in [0.15, 0.2) is 5.84 Å². The zero-order valence-corrected chi connectivity index (χ0v) is 11.0. The van der Waals surface area contributed by atoms with Gasteiger partial charge < -0.3 is 20.4 Å². The normalized spacial score (nSPS) is 11.6. The zero-order chi connectivity index (χ0) is 13.4. The third-order valence-corrected chi connectivity index (χ3v) is 2.53. The molecule has 1 aromatic rings. The highest BCUT2D eigenvalue weighted by Crippen LogP contribution is 2.25. The monoisotopic (exact) mass is 272 g/mol. The van der Waals surface area contributed by atoms with Gasteiger partial charge in [0, 0.05) is 25.2 Å². The van der Waals surface area contributed by atoms with Crippen LogP contribution in [0.2, 0.25) is 5.02 Å². The summed E-state index contributed by atoms with van der Waals surface area (Å²) in [4.78, 5) is 0. The molecular formula is C12H17ClN2O3. The lowest BCUT2D eigenvalue weighted by molar-refractivity contribution is 0.131. The first kappa shape index (κ1) is 14.6. The van der Waals surface area contributed by atoms with Crippen molar-refractivity contribution < 1.29 is 14.7 Å². The summed E-state index contributed by atoms with van der Waals surface area (Å²) in [6, 6.07) is 4.96. The summed E-state index contributed by atoms with van der Waals surface area (Å²) in [6.45, 7) is 3.84. The third-order valence-electron chi connectivity index (χ3n) is 2.23. The molecule has 1 aromatic carbocycles. The molecule has 0 saturated carbocycles. The minimum atomic E-state index is 0.0137. The van der Waals surface area contributed by atoms with Crippen LogP contribution in [0.15, 0.2) is 23.4 Å². The van der Waals surface area contributed by atoms with Gasteiger partial charge in [-0.05, 0) is 25.1 Å². The Bertz CT molecular complexity index is 410. The Balaban J connectivity index is 2.52. The van der Waals surface area contributed by atoms with E-state index in [2.05, 4.69) is 5.16 Å². The van der Waals surface area contributed by atoms with Crippen LogP contribution in [0, 0.1) is 0 Å². The molecule has 0 atom stereocenters. The predicted octanol–water partition coefficient (Wildman–Crippen LogP) is 2.24. The lowest BCUT2D eigenvalue weighted by atomic mass is 10.2. The van der Waals surface area contributed by atoms with Crippen molar-refractivity contribution in [1.29, 1.82) is 0 Å². The topological polar surface area (TPSA) is 77.1 Å². The van der Waals surface area contributed by atoms with Crippen LogP contribution in [-0.2, 0) is 4.74 Å². The standard InChI is InChI=1S/C12H17ClN2O3/c1-2-17-6-3-7-18-11-5-4-9(8-10(11)13)12(14)15-16/h4-5,8,16H,2-3,6-7H2,1H3,(H2,14,15). The van der Waals surface area contributed by atoms with Crippen LogP contribution in [0.4, 0.5) is 0 Å². The molecule has 3 N–H and O–H groups in total. The van der Waals surface area contributed by atoms with Crippen LogP contribution in [0.1, 0.15) is 18.9 Å². The third kappa shape index (κ3) is 4.43. The van der Waals surface area contributed by atoms with E-state index in [0.29, 0.717) is 36.2 Å². The van der Waals surface area contributed by atoms with E-state index >= 15 is 0 Å². The maximum Gasteiger partial charge on any atom is 0.170 e. The lowest BCUT2D eigenvalue weighted by Gasteiger charge is -2.09. The van der Waals surface area contributed by atoms with E-state index in [-0.39, 0.29) is 5.84 Å². The molecule has 5 nitrogen and oxygen atoms in total. The molecule has 0 radical (unpaired) electrons. The van der Waals surface area contributed by atoms with Crippen molar-refractivity contribution in [3.05, 3.63) is 28.8 Å². The average Bonchev–Trinajstić information content (AvgIpc) is 2.39. The van der Waals surface area contributed by atoms with Gasteiger partial charge >= 0.3 is 0 Å². The molecular weight excluding hydrogens is 256 g/mol. The molecule has 0 bridgehead atoms. The summed E-state index contributed by atoms with van der Waals surface area (Å²) in [5.74, 6) is 0.586. The summed E-state index contributed by atoms with van der Waals surface area (Å²) in [5, 5.41) is 11.9. The second-order valence-corrected chi connectivity index (χ2v) is 3.94. The number of benzene rings is 1. The van der Waals surface area contributed by atoms with E-state index in [4.69, 9.17) is 32.0 Å². The smallest absolute Gasteiger partial charge is 0.170 e. The molecule has 0 unspecified atom stereocenters. The number of hydrogen-bond donors (Lipinski definition) is 2. The maximum absolute atomic E-state index is 8.55. The summed E-state index contributed by atoms with van der Waals surface area (Å²) in [6.07, 6.45) is 0.798. The number of nitrogens with two attached hydrogens (primary N) is 1. The molecule has 0 aromatic heterocycles. The number of hydrogen-bond acceptors (Lipinski definition) is 4. The number of rotatable bonds is 7. The van der Waals surface area contributed by atoms with E-state index in [9.17, 15) is 0 Å². The molecule has 0 fully saturated rings. The first-order valence-corrected chi connectivity index (χ1v) is 6.04. The van der Waals surface area contributed by atoms with Gasteiger partial charge in [0.25, 0.3) is 0 Å². The second-order valence-electron chi connectivity index (χ2n) is 3.53. The maximum atomic E-state index is 8.55. The summed E-state index contributed by atoms with van der Waals surface area (Å²) < 4.78 is 10.7. The van der Waals surface area contributed by atoms with Crippen LogP contribution in [0.5, 0.6) is 5.75 Å². The van der Waals surface area contributed by atoms with Crippen molar-refractivity contribution in [2.45, 2.75) is 13.3 Å². The SMILES string of the molecule is CCOCCCOc1ccc(C(N)=NO)cc1Cl. The highest BCUT2D eigenvalue weighted by Gasteiger charge is 2.05. The number of amidine groups is 1. The fourth-order valence-corrected chi connectivity index (χ4v) is 1.56. The van der Waals surface area contributed by atoms with E-state index in [1.165, 1.54) is 0 Å². The number of halogens is 1. The fourth-order valence-electron chi connectivity index (χ4n) is 1.32. The molecule has 18 heavy (non-hydrogen) atoms. The van der Waals surface area contributed by atoms with Gasteiger partial charge in [-0.2, -0.15) is 0 Å². The largest absolute Gasteiger partial charge is 0.492 e. The number of oxime groups is 1. The predicted molar refractivity (Wildman–Crippen MR) is 70.6 cm³/mol. The van der Waals surface area contributed by atoms with E-state index in [1.807, 2.05) is 6.92 Å². The molecule has 0 aliphatic carbocycles. The molecule has 100 valence electrons. The van der Waals surface area contributed by atoms with Crippen molar-refractivity contribution in [3.63, 3.8) is 0 Å². The van der Waals surface area contributed by atoms with Crippen molar-refractivity contribution in [2.75, 3.05) is 19.8 Å². The van der Waals surface area contributed by atoms with Gasteiger partial charge in [-0.15, -0.1) is 0 Å². The Hall–Kier alpha value is -1.46. The molecule has 0 aliphatic rings. The lowest BCUT2D eigenvalue weighted by Crippen LogP contribution is -2.13. The average molecular weight is 273 g/mol. The van der Waals surface area contributed by atoms with Crippen LogP contribution in [0.25, 0.3) is 0 Å². The van der Waals surface area contributed by atoms with Gasteiger partial charge in [-0.25, -0.2) is 0 Å². The van der Waals surface area contributed by atoms with E-state index < -0.39 is 0 Å². The van der Waals surface area contributed by atoms with Gasteiger partial charge in [-0.3, -0.25) is 0 Å². The zero-order valence-electron chi connectivity index (χ0n) is 10.2. The highest BCUT2D eigenvalue weighted by atomic mass is 35.5. The Morgan fingerprint density at radius 2 is 2.22 bits per heavy atom. The molecule has 0 spiro atoms. The molecule has 1 rings (SSSR count). The Morgan fingerprint density at radius 3 is 2.83 bits per heavy atom. The molecule has 0 aliphatic heterocycles. The molecule has 6 heteroatoms. The van der Waals surface area contributed by atoms with Gasteiger partial charge in [0.1, 0.15) is 5.75 Å². The Kier molecular flexibility index (Phi) is 6.32.